The number of nitrogens with one attached hydrogen (secondary N) is 1. The van der Waals surface area contributed by atoms with Gasteiger partial charge in [-0.15, -0.1) is 0 Å². The molecular weight excluding hydrogens is 406 g/mol. The second-order valence-electron chi connectivity index (χ2n) is 8.46. The van der Waals surface area contributed by atoms with Gasteiger partial charge in [-0.2, -0.15) is 0 Å². The number of para-hydroxylation sites is 2. The van der Waals surface area contributed by atoms with Crippen LogP contribution >= 0.6 is 0 Å². The summed E-state index contributed by atoms with van der Waals surface area (Å²) in [5.41, 5.74) is 1.60. The molecule has 32 heavy (non-hydrogen) atoms. The molecule has 1 aromatic carbocycles. The van der Waals surface area contributed by atoms with Crippen LogP contribution < -0.4 is 10.1 Å². The molecule has 2 amide bonds. The highest BCUT2D eigenvalue weighted by molar-refractivity contribution is 6.05. The van der Waals surface area contributed by atoms with E-state index in [0.717, 1.165) is 51.7 Å². The van der Waals surface area contributed by atoms with Gasteiger partial charge in [0.2, 0.25) is 5.91 Å². The van der Waals surface area contributed by atoms with Crippen LogP contribution in [0.4, 0.5) is 5.69 Å². The zero-order valence-electron chi connectivity index (χ0n) is 18.8. The van der Waals surface area contributed by atoms with Crippen LogP contribution in [0.5, 0.6) is 5.75 Å². The van der Waals surface area contributed by atoms with Crippen molar-refractivity contribution >= 4 is 17.5 Å². The Bertz CT molecular complexity index is 974. The maximum atomic E-state index is 13.0. The highest BCUT2D eigenvalue weighted by Crippen LogP contribution is 2.30. The maximum absolute atomic E-state index is 13.0. The molecule has 0 unspecified atom stereocenters. The first-order valence-corrected chi connectivity index (χ1v) is 11.4. The van der Waals surface area contributed by atoms with Crippen LogP contribution in [0, 0.1) is 6.92 Å². The average Bonchev–Trinajstić information content (AvgIpc) is 3.32. The van der Waals surface area contributed by atoms with E-state index in [1.165, 1.54) is 0 Å². The molecule has 0 radical (unpaired) electrons. The third-order valence-corrected chi connectivity index (χ3v) is 6.28. The van der Waals surface area contributed by atoms with Crippen LogP contribution in [-0.4, -0.2) is 64.9 Å². The quantitative estimate of drug-likeness (QED) is 0.747. The Hall–Kier alpha value is -3.00. The van der Waals surface area contributed by atoms with E-state index in [0.29, 0.717) is 35.1 Å². The molecule has 1 N–H and O–H groups in total. The minimum Gasteiger partial charge on any atom is -0.495 e. The standard InChI is InChI=1S/C24H31N5O3/c1-17-18(24(31)27-19-9-3-4-11-21(19)32-2)15-25-23(26-17)20-10-5-6-14-29(20)22(30)16-28-12-7-8-13-28/h3-4,9,11,15,20H,5-8,10,12-14,16H2,1-2H3,(H,27,31)/t20-/m0/s1. The van der Waals surface area contributed by atoms with Crippen molar-refractivity contribution in [2.75, 3.05) is 38.6 Å². The van der Waals surface area contributed by atoms with Crippen LogP contribution in [0.25, 0.3) is 0 Å². The lowest BCUT2D eigenvalue weighted by Gasteiger charge is -2.35. The first-order valence-electron chi connectivity index (χ1n) is 11.4. The highest BCUT2D eigenvalue weighted by Gasteiger charge is 2.31. The molecule has 0 bridgehead atoms. The zero-order chi connectivity index (χ0) is 22.5. The molecule has 1 aromatic heterocycles. The number of ether oxygens (including phenoxy) is 1. The van der Waals surface area contributed by atoms with E-state index >= 15 is 0 Å². The molecule has 2 aliphatic rings. The van der Waals surface area contributed by atoms with E-state index in [2.05, 4.69) is 20.2 Å². The summed E-state index contributed by atoms with van der Waals surface area (Å²) in [5, 5.41) is 2.87. The first-order chi connectivity index (χ1) is 15.6. The zero-order valence-corrected chi connectivity index (χ0v) is 18.8. The summed E-state index contributed by atoms with van der Waals surface area (Å²) in [4.78, 5) is 39.2. The van der Waals surface area contributed by atoms with Crippen LogP contribution in [0.15, 0.2) is 30.5 Å². The van der Waals surface area contributed by atoms with Crippen LogP contribution in [0.2, 0.25) is 0 Å². The van der Waals surface area contributed by atoms with Crippen molar-refractivity contribution in [3.63, 3.8) is 0 Å². The predicted octanol–water partition coefficient (Wildman–Crippen LogP) is 3.20. The molecule has 170 valence electrons. The number of hydrogen-bond acceptors (Lipinski definition) is 6. The topological polar surface area (TPSA) is 87.7 Å². The lowest BCUT2D eigenvalue weighted by molar-refractivity contribution is -0.136. The van der Waals surface area contributed by atoms with Gasteiger partial charge in [-0.25, -0.2) is 9.97 Å². The molecular formula is C24H31N5O3. The third-order valence-electron chi connectivity index (χ3n) is 6.28. The first kappa shape index (κ1) is 22.2. The van der Waals surface area contributed by atoms with Crippen molar-refractivity contribution in [1.29, 1.82) is 0 Å². The van der Waals surface area contributed by atoms with E-state index in [4.69, 9.17) is 4.74 Å². The van der Waals surface area contributed by atoms with Gasteiger partial charge in [-0.05, 0) is 64.3 Å². The number of benzene rings is 1. The number of carbonyl (C=O) groups excluding carboxylic acids is 2. The number of likely N-dealkylation sites (tertiary alicyclic amines) is 2. The molecule has 0 aliphatic carbocycles. The molecule has 2 aromatic rings. The van der Waals surface area contributed by atoms with Gasteiger partial charge in [0.15, 0.2) is 5.82 Å². The molecule has 8 heteroatoms. The van der Waals surface area contributed by atoms with E-state index in [1.807, 2.05) is 24.0 Å². The fourth-order valence-electron chi connectivity index (χ4n) is 4.53. The van der Waals surface area contributed by atoms with Gasteiger partial charge in [-0.3, -0.25) is 14.5 Å². The normalized spacial score (nSPS) is 19.1. The van der Waals surface area contributed by atoms with Crippen molar-refractivity contribution in [2.24, 2.45) is 0 Å². The highest BCUT2D eigenvalue weighted by atomic mass is 16.5. The number of hydrogen-bond donors (Lipinski definition) is 1. The average molecular weight is 438 g/mol. The summed E-state index contributed by atoms with van der Waals surface area (Å²) < 4.78 is 5.31. The van der Waals surface area contributed by atoms with Crippen LogP contribution in [-0.2, 0) is 4.79 Å². The number of rotatable bonds is 6. The number of nitrogens with zero attached hydrogens (tertiary/aromatic N) is 4. The lowest BCUT2D eigenvalue weighted by Crippen LogP contribution is -2.44. The number of amides is 2. The maximum Gasteiger partial charge on any atom is 0.259 e. The summed E-state index contributed by atoms with van der Waals surface area (Å²) >= 11 is 0. The van der Waals surface area contributed by atoms with E-state index in [1.54, 1.807) is 25.4 Å². The third kappa shape index (κ3) is 4.91. The Morgan fingerprint density at radius 3 is 2.62 bits per heavy atom. The molecule has 2 saturated heterocycles. The number of carbonyl (C=O) groups is 2. The van der Waals surface area contributed by atoms with Gasteiger partial charge >= 0.3 is 0 Å². The van der Waals surface area contributed by atoms with Crippen molar-refractivity contribution in [3.05, 3.63) is 47.5 Å². The van der Waals surface area contributed by atoms with Gasteiger partial charge in [0.05, 0.1) is 36.6 Å². The van der Waals surface area contributed by atoms with Gasteiger partial charge in [0.25, 0.3) is 5.91 Å². The molecule has 0 spiro atoms. The summed E-state index contributed by atoms with van der Waals surface area (Å²) in [6.45, 7) is 5.00. The second-order valence-corrected chi connectivity index (χ2v) is 8.46. The molecule has 4 rings (SSSR count). The second kappa shape index (κ2) is 10.1. The van der Waals surface area contributed by atoms with Crippen molar-refractivity contribution in [1.82, 2.24) is 19.8 Å². The predicted molar refractivity (Wildman–Crippen MR) is 122 cm³/mol. The fraction of sp³-hybridized carbons (Fsp3) is 0.500. The summed E-state index contributed by atoms with van der Waals surface area (Å²) in [6.07, 6.45) is 6.78. The van der Waals surface area contributed by atoms with Crippen LogP contribution in [0.3, 0.4) is 0 Å². The number of anilines is 1. The van der Waals surface area contributed by atoms with Gasteiger partial charge in [0, 0.05) is 12.7 Å². The Morgan fingerprint density at radius 1 is 1.12 bits per heavy atom. The number of aryl methyl sites for hydroxylation is 1. The molecule has 2 aliphatic heterocycles. The molecule has 8 nitrogen and oxygen atoms in total. The molecule has 1 atom stereocenters. The van der Waals surface area contributed by atoms with Crippen molar-refractivity contribution < 1.29 is 14.3 Å². The Kier molecular flexibility index (Phi) is 6.99. The van der Waals surface area contributed by atoms with Gasteiger partial charge in [0.1, 0.15) is 5.75 Å². The van der Waals surface area contributed by atoms with Crippen molar-refractivity contribution in [2.45, 2.75) is 45.1 Å². The summed E-state index contributed by atoms with van der Waals surface area (Å²) in [6, 6.07) is 7.12. The van der Waals surface area contributed by atoms with Crippen LogP contribution in [0.1, 0.15) is 60.0 Å². The number of piperidine rings is 1. The van der Waals surface area contributed by atoms with Gasteiger partial charge < -0.3 is 15.0 Å². The van der Waals surface area contributed by atoms with E-state index < -0.39 is 0 Å². The summed E-state index contributed by atoms with van der Waals surface area (Å²) in [5.74, 6) is 1.07. The van der Waals surface area contributed by atoms with E-state index in [-0.39, 0.29) is 17.9 Å². The smallest absolute Gasteiger partial charge is 0.259 e. The Labute approximate surface area is 189 Å². The monoisotopic (exact) mass is 437 g/mol. The number of methoxy groups -OCH3 is 1. The van der Waals surface area contributed by atoms with Gasteiger partial charge in [-0.1, -0.05) is 12.1 Å². The largest absolute Gasteiger partial charge is 0.495 e. The number of aromatic nitrogens is 2. The lowest BCUT2D eigenvalue weighted by atomic mass is 10.0. The SMILES string of the molecule is COc1ccccc1NC(=O)c1cnc([C@@H]2CCCCN2C(=O)CN2CCCC2)nc1C. The minimum atomic E-state index is -0.288. The Morgan fingerprint density at radius 2 is 1.88 bits per heavy atom. The molecule has 2 fully saturated rings. The van der Waals surface area contributed by atoms with Crippen molar-refractivity contribution in [3.8, 4) is 5.75 Å². The summed E-state index contributed by atoms with van der Waals surface area (Å²) in [7, 11) is 1.56. The van der Waals surface area contributed by atoms with E-state index in [9.17, 15) is 9.59 Å². The fourth-order valence-corrected chi connectivity index (χ4v) is 4.53. The molecule has 3 heterocycles. The molecule has 0 saturated carbocycles. The minimum absolute atomic E-state index is 0.135. The Balaban J connectivity index is 1.49.